The van der Waals surface area contributed by atoms with Gasteiger partial charge in [-0.15, -0.1) is 0 Å². The van der Waals surface area contributed by atoms with Crippen molar-refractivity contribution in [1.29, 1.82) is 0 Å². The van der Waals surface area contributed by atoms with Crippen molar-refractivity contribution in [3.8, 4) is 5.75 Å². The summed E-state index contributed by atoms with van der Waals surface area (Å²) < 4.78 is 5.62. The highest BCUT2D eigenvalue weighted by Crippen LogP contribution is 2.71. The van der Waals surface area contributed by atoms with Crippen molar-refractivity contribution in [2.75, 3.05) is 19.8 Å². The van der Waals surface area contributed by atoms with Crippen LogP contribution in [0.15, 0.2) is 24.3 Å². The van der Waals surface area contributed by atoms with Crippen LogP contribution in [0.1, 0.15) is 31.7 Å². The fraction of sp³-hybridized carbons (Fsp3) is 0.588. The summed E-state index contributed by atoms with van der Waals surface area (Å²) in [4.78, 5) is 14.4. The van der Waals surface area contributed by atoms with E-state index in [1.807, 2.05) is 31.2 Å². The van der Waals surface area contributed by atoms with Crippen LogP contribution in [0.3, 0.4) is 0 Å². The summed E-state index contributed by atoms with van der Waals surface area (Å²) in [5, 5.41) is 9.26. The Morgan fingerprint density at radius 1 is 1.43 bits per heavy atom. The van der Waals surface area contributed by atoms with Crippen LogP contribution in [0.2, 0.25) is 0 Å². The Labute approximate surface area is 125 Å². The molecular formula is C17H23NO3. The highest BCUT2D eigenvalue weighted by molar-refractivity contribution is 5.83. The number of amides is 1. The van der Waals surface area contributed by atoms with E-state index in [1.165, 1.54) is 12.8 Å². The van der Waals surface area contributed by atoms with Crippen LogP contribution in [0.4, 0.5) is 0 Å². The Morgan fingerprint density at radius 2 is 2.19 bits per heavy atom. The molecule has 1 atom stereocenters. The first kappa shape index (κ1) is 14.4. The third kappa shape index (κ3) is 2.91. The molecule has 4 nitrogen and oxygen atoms in total. The Bertz CT molecular complexity index is 525. The number of nitrogens with zero attached hydrogens (tertiary/aromatic N) is 1. The molecule has 0 aliphatic heterocycles. The molecule has 1 spiro atoms. The predicted molar refractivity (Wildman–Crippen MR) is 79.9 cm³/mol. The number of ether oxygens (including phenoxy) is 1. The molecule has 3 rings (SSSR count). The number of benzene rings is 1. The fourth-order valence-corrected chi connectivity index (χ4v) is 3.15. The Morgan fingerprint density at radius 3 is 2.81 bits per heavy atom. The van der Waals surface area contributed by atoms with Crippen molar-refractivity contribution in [2.24, 2.45) is 11.3 Å². The lowest BCUT2D eigenvalue weighted by molar-refractivity contribution is -0.134. The molecule has 0 unspecified atom stereocenters. The van der Waals surface area contributed by atoms with Gasteiger partial charge in [0.25, 0.3) is 0 Å². The maximum absolute atomic E-state index is 12.6. The zero-order valence-corrected chi connectivity index (χ0v) is 12.5. The molecule has 114 valence electrons. The van der Waals surface area contributed by atoms with Gasteiger partial charge >= 0.3 is 0 Å². The van der Waals surface area contributed by atoms with Crippen LogP contribution in [0.5, 0.6) is 5.75 Å². The Kier molecular flexibility index (Phi) is 3.89. The van der Waals surface area contributed by atoms with Gasteiger partial charge in [-0.3, -0.25) is 4.79 Å². The van der Waals surface area contributed by atoms with Gasteiger partial charge in [-0.2, -0.15) is 0 Å². The highest BCUT2D eigenvalue weighted by atomic mass is 16.5. The van der Waals surface area contributed by atoms with Crippen LogP contribution in [0, 0.1) is 11.3 Å². The number of aliphatic hydroxyl groups is 1. The molecule has 0 bridgehead atoms. The van der Waals surface area contributed by atoms with Gasteiger partial charge in [0.05, 0.1) is 13.2 Å². The molecular weight excluding hydrogens is 266 g/mol. The molecule has 2 aliphatic rings. The standard InChI is InChI=1S/C17H23NO3/c1-2-21-15-6-4-3-5-13(15)12-18(9-10-19)16(20)14-11-17(14)7-8-17/h3-6,14,19H,2,7-12H2,1H3/t14-/m0/s1. The van der Waals surface area contributed by atoms with Gasteiger partial charge in [0.1, 0.15) is 5.75 Å². The average Bonchev–Trinajstić information content (AvgIpc) is 3.40. The van der Waals surface area contributed by atoms with Gasteiger partial charge in [0.2, 0.25) is 5.91 Å². The molecule has 1 aromatic carbocycles. The molecule has 2 aliphatic carbocycles. The second kappa shape index (κ2) is 5.68. The van der Waals surface area contributed by atoms with E-state index in [0.29, 0.717) is 25.1 Å². The van der Waals surface area contributed by atoms with Crippen molar-refractivity contribution in [2.45, 2.75) is 32.7 Å². The van der Waals surface area contributed by atoms with E-state index in [9.17, 15) is 9.90 Å². The molecule has 4 heteroatoms. The van der Waals surface area contributed by atoms with Crippen LogP contribution in [-0.4, -0.2) is 35.7 Å². The molecule has 1 aromatic rings. The number of hydrogen-bond acceptors (Lipinski definition) is 3. The zero-order chi connectivity index (χ0) is 14.9. The summed E-state index contributed by atoms with van der Waals surface area (Å²) in [6, 6.07) is 7.81. The van der Waals surface area contributed by atoms with Gasteiger partial charge in [-0.05, 0) is 37.7 Å². The smallest absolute Gasteiger partial charge is 0.226 e. The Balaban J connectivity index is 1.71. The second-order valence-corrected chi connectivity index (χ2v) is 6.14. The lowest BCUT2D eigenvalue weighted by Gasteiger charge is -2.23. The van der Waals surface area contributed by atoms with E-state index in [1.54, 1.807) is 4.90 Å². The molecule has 0 saturated heterocycles. The highest BCUT2D eigenvalue weighted by Gasteiger charge is 2.66. The zero-order valence-electron chi connectivity index (χ0n) is 12.5. The minimum absolute atomic E-state index is 0.00224. The molecule has 1 amide bonds. The molecule has 0 heterocycles. The maximum atomic E-state index is 12.6. The van der Waals surface area contributed by atoms with Crippen LogP contribution in [-0.2, 0) is 11.3 Å². The largest absolute Gasteiger partial charge is 0.494 e. The first-order chi connectivity index (χ1) is 10.2. The van der Waals surface area contributed by atoms with Gasteiger partial charge < -0.3 is 14.7 Å². The van der Waals surface area contributed by atoms with E-state index in [0.717, 1.165) is 17.7 Å². The second-order valence-electron chi connectivity index (χ2n) is 6.14. The van der Waals surface area contributed by atoms with Crippen molar-refractivity contribution in [3.63, 3.8) is 0 Å². The quantitative estimate of drug-likeness (QED) is 0.837. The molecule has 1 N–H and O–H groups in total. The summed E-state index contributed by atoms with van der Waals surface area (Å²) in [6.07, 6.45) is 3.44. The third-order valence-electron chi connectivity index (χ3n) is 4.70. The Hall–Kier alpha value is -1.55. The lowest BCUT2D eigenvalue weighted by Crippen LogP contribution is -2.34. The monoisotopic (exact) mass is 289 g/mol. The van der Waals surface area contributed by atoms with Crippen molar-refractivity contribution in [3.05, 3.63) is 29.8 Å². The van der Waals surface area contributed by atoms with Gasteiger partial charge in [-0.1, -0.05) is 18.2 Å². The van der Waals surface area contributed by atoms with Crippen LogP contribution in [0.25, 0.3) is 0 Å². The lowest BCUT2D eigenvalue weighted by atomic mass is 10.1. The number of para-hydroxylation sites is 1. The van der Waals surface area contributed by atoms with Crippen molar-refractivity contribution < 1.29 is 14.6 Å². The van der Waals surface area contributed by atoms with E-state index >= 15 is 0 Å². The van der Waals surface area contributed by atoms with E-state index < -0.39 is 0 Å². The maximum Gasteiger partial charge on any atom is 0.226 e. The van der Waals surface area contributed by atoms with Crippen LogP contribution >= 0.6 is 0 Å². The summed E-state index contributed by atoms with van der Waals surface area (Å²) in [7, 11) is 0. The summed E-state index contributed by atoms with van der Waals surface area (Å²) in [6.45, 7) is 3.47. The number of hydrogen-bond donors (Lipinski definition) is 1. The molecule has 0 aromatic heterocycles. The topological polar surface area (TPSA) is 49.8 Å². The first-order valence-electron chi connectivity index (χ1n) is 7.80. The van der Waals surface area contributed by atoms with Crippen molar-refractivity contribution >= 4 is 5.91 Å². The van der Waals surface area contributed by atoms with E-state index in [-0.39, 0.29) is 18.4 Å². The summed E-state index contributed by atoms with van der Waals surface area (Å²) >= 11 is 0. The fourth-order valence-electron chi connectivity index (χ4n) is 3.15. The first-order valence-corrected chi connectivity index (χ1v) is 7.80. The van der Waals surface area contributed by atoms with Crippen molar-refractivity contribution in [1.82, 2.24) is 4.90 Å². The number of carbonyl (C=O) groups excluding carboxylic acids is 1. The van der Waals surface area contributed by atoms with Crippen LogP contribution < -0.4 is 4.74 Å². The normalized spacial score (nSPS) is 21.1. The molecule has 21 heavy (non-hydrogen) atoms. The van der Waals surface area contributed by atoms with Gasteiger partial charge in [-0.25, -0.2) is 0 Å². The molecule has 2 saturated carbocycles. The predicted octanol–water partition coefficient (Wildman–Crippen LogP) is 2.21. The summed E-state index contributed by atoms with van der Waals surface area (Å²) in [5.74, 6) is 1.23. The van der Waals surface area contributed by atoms with E-state index in [2.05, 4.69) is 0 Å². The average molecular weight is 289 g/mol. The minimum atomic E-state index is 0.00224. The van der Waals surface area contributed by atoms with Gasteiger partial charge in [0, 0.05) is 24.6 Å². The third-order valence-corrected chi connectivity index (χ3v) is 4.70. The van der Waals surface area contributed by atoms with Gasteiger partial charge in [0.15, 0.2) is 0 Å². The summed E-state index contributed by atoms with van der Waals surface area (Å²) in [5.41, 5.74) is 1.36. The van der Waals surface area contributed by atoms with E-state index in [4.69, 9.17) is 4.74 Å². The number of carbonyl (C=O) groups is 1. The number of aliphatic hydroxyl groups excluding tert-OH is 1. The number of rotatable bonds is 7. The molecule has 2 fully saturated rings. The molecule has 0 radical (unpaired) electrons. The minimum Gasteiger partial charge on any atom is -0.494 e. The SMILES string of the molecule is CCOc1ccccc1CN(CCO)C(=O)[C@@H]1CC12CC2.